The second kappa shape index (κ2) is 7.86. The minimum atomic E-state index is -1.07. The molecule has 2 N–H and O–H groups in total. The molecule has 0 unspecified atom stereocenters. The highest BCUT2D eigenvalue weighted by atomic mass is 32.2. The van der Waals surface area contributed by atoms with Gasteiger partial charge in [0.25, 0.3) is 0 Å². The van der Waals surface area contributed by atoms with Crippen LogP contribution in [0.4, 0.5) is 0 Å². The van der Waals surface area contributed by atoms with E-state index < -0.39 is 11.5 Å². The van der Waals surface area contributed by atoms with Gasteiger partial charge in [0.1, 0.15) is 5.54 Å². The number of carbonyl (C=O) groups is 2. The second-order valence-corrected chi connectivity index (χ2v) is 7.67. The normalized spacial score (nSPS) is 17.0. The molecule has 1 heterocycles. The number of nitrogens with one attached hydrogen (secondary N) is 1. The van der Waals surface area contributed by atoms with E-state index in [9.17, 15) is 14.7 Å². The average molecular weight is 335 g/mol. The second-order valence-electron chi connectivity index (χ2n) is 6.44. The molecule has 1 aromatic carbocycles. The molecule has 0 bridgehead atoms. The van der Waals surface area contributed by atoms with E-state index in [4.69, 9.17) is 0 Å². The summed E-state index contributed by atoms with van der Waals surface area (Å²) in [6, 6.07) is 8.28. The Morgan fingerprint density at radius 2 is 1.83 bits per heavy atom. The molecule has 1 aliphatic heterocycles. The Morgan fingerprint density at radius 3 is 2.35 bits per heavy atom. The summed E-state index contributed by atoms with van der Waals surface area (Å²) >= 11 is 1.74. The zero-order valence-corrected chi connectivity index (χ0v) is 14.6. The van der Waals surface area contributed by atoms with Crippen LogP contribution in [0.3, 0.4) is 0 Å². The quantitative estimate of drug-likeness (QED) is 0.838. The maximum Gasteiger partial charge on any atom is 0.329 e. The fraction of sp³-hybridized carbons (Fsp3) is 0.556. The molecule has 23 heavy (non-hydrogen) atoms. The smallest absolute Gasteiger partial charge is 0.329 e. The molecule has 5 heteroatoms. The fourth-order valence-corrected chi connectivity index (χ4v) is 3.96. The van der Waals surface area contributed by atoms with Gasteiger partial charge in [-0.1, -0.05) is 38.1 Å². The number of rotatable bonds is 6. The molecule has 1 aromatic rings. The Labute approximate surface area is 142 Å². The summed E-state index contributed by atoms with van der Waals surface area (Å²) in [7, 11) is 0. The highest BCUT2D eigenvalue weighted by molar-refractivity contribution is 7.99. The summed E-state index contributed by atoms with van der Waals surface area (Å²) in [5.74, 6) is 0.971. The van der Waals surface area contributed by atoms with Crippen LogP contribution < -0.4 is 5.32 Å². The van der Waals surface area contributed by atoms with Gasteiger partial charge in [-0.2, -0.15) is 11.8 Å². The van der Waals surface area contributed by atoms with Crippen molar-refractivity contribution in [1.82, 2.24) is 5.32 Å². The van der Waals surface area contributed by atoms with Crippen molar-refractivity contribution < 1.29 is 14.7 Å². The molecule has 1 saturated heterocycles. The third kappa shape index (κ3) is 4.74. The van der Waals surface area contributed by atoms with Gasteiger partial charge in [-0.25, -0.2) is 4.79 Å². The van der Waals surface area contributed by atoms with Crippen LogP contribution in [0.2, 0.25) is 0 Å². The van der Waals surface area contributed by atoms with Crippen molar-refractivity contribution in [2.24, 2.45) is 0 Å². The lowest BCUT2D eigenvalue weighted by molar-refractivity contribution is -0.148. The maximum atomic E-state index is 12.2. The van der Waals surface area contributed by atoms with Crippen molar-refractivity contribution in [3.63, 3.8) is 0 Å². The largest absolute Gasteiger partial charge is 0.480 e. The molecular formula is C18H25NO3S. The van der Waals surface area contributed by atoms with Crippen molar-refractivity contribution in [1.29, 1.82) is 0 Å². The van der Waals surface area contributed by atoms with E-state index in [0.717, 1.165) is 17.1 Å². The van der Waals surface area contributed by atoms with Gasteiger partial charge in [0.2, 0.25) is 5.91 Å². The molecule has 0 aliphatic carbocycles. The van der Waals surface area contributed by atoms with Crippen LogP contribution in [0.1, 0.15) is 50.2 Å². The number of aryl methyl sites for hydroxylation is 1. The summed E-state index contributed by atoms with van der Waals surface area (Å²) in [5.41, 5.74) is 1.32. The van der Waals surface area contributed by atoms with Gasteiger partial charge in [0.05, 0.1) is 0 Å². The van der Waals surface area contributed by atoms with Crippen molar-refractivity contribution in [2.75, 3.05) is 11.5 Å². The number of hydrogen-bond acceptors (Lipinski definition) is 3. The summed E-state index contributed by atoms with van der Waals surface area (Å²) in [5, 5.41) is 12.3. The molecule has 0 atom stereocenters. The van der Waals surface area contributed by atoms with Gasteiger partial charge in [0.15, 0.2) is 0 Å². The van der Waals surface area contributed by atoms with Gasteiger partial charge in [-0.3, -0.25) is 4.79 Å². The van der Waals surface area contributed by atoms with E-state index in [2.05, 4.69) is 31.3 Å². The van der Waals surface area contributed by atoms with Gasteiger partial charge in [-0.05, 0) is 47.8 Å². The van der Waals surface area contributed by atoms with E-state index in [1.807, 2.05) is 12.1 Å². The fourth-order valence-electron chi connectivity index (χ4n) is 2.77. The van der Waals surface area contributed by atoms with Gasteiger partial charge in [-0.15, -0.1) is 0 Å². The van der Waals surface area contributed by atoms with Gasteiger partial charge >= 0.3 is 5.97 Å². The lowest BCUT2D eigenvalue weighted by Crippen LogP contribution is -2.56. The number of aliphatic carboxylic acids is 1. The molecule has 1 fully saturated rings. The Bertz CT molecular complexity index is 548. The first-order chi connectivity index (χ1) is 10.9. The van der Waals surface area contributed by atoms with E-state index in [1.54, 1.807) is 11.8 Å². The third-order valence-electron chi connectivity index (χ3n) is 4.42. The van der Waals surface area contributed by atoms with Crippen molar-refractivity contribution in [3.05, 3.63) is 35.4 Å². The average Bonchev–Trinajstić information content (AvgIpc) is 2.54. The first kappa shape index (κ1) is 17.9. The molecule has 2 rings (SSSR count). The molecular weight excluding hydrogens is 310 g/mol. The SMILES string of the molecule is CC(C)c1ccc(CCC(=O)NC2(C(=O)O)CCSCC2)cc1. The molecule has 0 spiro atoms. The van der Waals surface area contributed by atoms with Crippen molar-refractivity contribution >= 4 is 23.6 Å². The molecule has 0 aromatic heterocycles. The summed E-state index contributed by atoms with van der Waals surface area (Å²) in [6.45, 7) is 4.30. The number of carboxylic acids is 1. The first-order valence-electron chi connectivity index (χ1n) is 8.14. The first-order valence-corrected chi connectivity index (χ1v) is 9.29. The lowest BCUT2D eigenvalue weighted by Gasteiger charge is -2.33. The van der Waals surface area contributed by atoms with Crippen LogP contribution in [0.5, 0.6) is 0 Å². The van der Waals surface area contributed by atoms with E-state index >= 15 is 0 Å². The number of benzene rings is 1. The third-order valence-corrected chi connectivity index (χ3v) is 5.41. The van der Waals surface area contributed by atoms with Crippen LogP contribution >= 0.6 is 11.8 Å². The van der Waals surface area contributed by atoms with Crippen LogP contribution in [0, 0.1) is 0 Å². The number of thioether (sulfide) groups is 1. The number of hydrogen-bond donors (Lipinski definition) is 2. The predicted molar refractivity (Wildman–Crippen MR) is 93.9 cm³/mol. The number of amides is 1. The van der Waals surface area contributed by atoms with Crippen molar-refractivity contribution in [3.8, 4) is 0 Å². The molecule has 0 saturated carbocycles. The van der Waals surface area contributed by atoms with Crippen LogP contribution in [-0.2, 0) is 16.0 Å². The molecule has 1 aliphatic rings. The highest BCUT2D eigenvalue weighted by Gasteiger charge is 2.41. The topological polar surface area (TPSA) is 66.4 Å². The zero-order chi connectivity index (χ0) is 16.9. The maximum absolute atomic E-state index is 12.2. The van der Waals surface area contributed by atoms with Gasteiger partial charge < -0.3 is 10.4 Å². The Balaban J connectivity index is 1.90. The van der Waals surface area contributed by atoms with Crippen LogP contribution in [0.25, 0.3) is 0 Å². The summed E-state index contributed by atoms with van der Waals surface area (Å²) < 4.78 is 0. The Kier molecular flexibility index (Phi) is 6.10. The predicted octanol–water partition coefficient (Wildman–Crippen LogP) is 3.21. The molecule has 126 valence electrons. The highest BCUT2D eigenvalue weighted by Crippen LogP contribution is 2.27. The summed E-state index contributed by atoms with van der Waals surface area (Å²) in [4.78, 5) is 23.8. The van der Waals surface area contributed by atoms with Crippen LogP contribution in [0.15, 0.2) is 24.3 Å². The van der Waals surface area contributed by atoms with Crippen LogP contribution in [-0.4, -0.2) is 34.0 Å². The molecule has 1 amide bonds. The van der Waals surface area contributed by atoms with Crippen molar-refractivity contribution in [2.45, 2.75) is 51.0 Å². The minimum absolute atomic E-state index is 0.174. The minimum Gasteiger partial charge on any atom is -0.480 e. The summed E-state index contributed by atoms with van der Waals surface area (Å²) in [6.07, 6.45) is 1.96. The molecule has 4 nitrogen and oxygen atoms in total. The Morgan fingerprint density at radius 1 is 1.22 bits per heavy atom. The van der Waals surface area contributed by atoms with E-state index in [1.165, 1.54) is 5.56 Å². The number of carbonyl (C=O) groups excluding carboxylic acids is 1. The molecule has 0 radical (unpaired) electrons. The van der Waals surface area contributed by atoms with E-state index in [0.29, 0.717) is 31.6 Å². The van der Waals surface area contributed by atoms with Gasteiger partial charge in [0, 0.05) is 6.42 Å². The Hall–Kier alpha value is -1.49. The zero-order valence-electron chi connectivity index (χ0n) is 13.8. The lowest BCUT2D eigenvalue weighted by atomic mass is 9.92. The standard InChI is InChI=1S/C18H25NO3S/c1-13(2)15-6-3-14(4-7-15)5-8-16(20)19-18(17(21)22)9-11-23-12-10-18/h3-4,6-7,13H,5,8-12H2,1-2H3,(H,19,20)(H,21,22). The number of carboxylic acid groups (broad SMARTS) is 1. The monoisotopic (exact) mass is 335 g/mol. The van der Waals surface area contributed by atoms with E-state index in [-0.39, 0.29) is 5.91 Å².